The first-order valence-corrected chi connectivity index (χ1v) is 10.0. The SMILES string of the molecule is O=C(NCC1CCCN(C(=O)CSc2ccncc2)C1)C1CCCN1. The molecule has 25 heavy (non-hydrogen) atoms. The minimum absolute atomic E-state index is 0.0295. The van der Waals surface area contributed by atoms with E-state index in [0.29, 0.717) is 18.2 Å². The Morgan fingerprint density at radius 2 is 2.12 bits per heavy atom. The number of nitrogens with one attached hydrogen (secondary N) is 2. The molecule has 0 spiro atoms. The second-order valence-corrected chi connectivity index (χ2v) is 7.76. The normalized spacial score (nSPS) is 23.4. The number of hydrogen-bond acceptors (Lipinski definition) is 5. The molecule has 3 heterocycles. The zero-order chi connectivity index (χ0) is 17.5. The fourth-order valence-electron chi connectivity index (χ4n) is 3.41. The molecular weight excluding hydrogens is 336 g/mol. The van der Waals surface area contributed by atoms with Crippen molar-refractivity contribution in [2.45, 2.75) is 36.6 Å². The van der Waals surface area contributed by atoms with Crippen LogP contribution in [0.2, 0.25) is 0 Å². The van der Waals surface area contributed by atoms with Gasteiger partial charge >= 0.3 is 0 Å². The summed E-state index contributed by atoms with van der Waals surface area (Å²) in [5, 5.41) is 6.28. The summed E-state index contributed by atoms with van der Waals surface area (Å²) in [6.07, 6.45) is 7.55. The summed E-state index contributed by atoms with van der Waals surface area (Å²) in [6, 6.07) is 3.81. The first-order valence-electron chi connectivity index (χ1n) is 9.04. The molecule has 2 atom stereocenters. The summed E-state index contributed by atoms with van der Waals surface area (Å²) in [6.45, 7) is 3.16. The number of amides is 2. The average Bonchev–Trinajstić information content (AvgIpc) is 3.20. The maximum absolute atomic E-state index is 12.5. The van der Waals surface area contributed by atoms with Crippen molar-refractivity contribution in [1.82, 2.24) is 20.5 Å². The van der Waals surface area contributed by atoms with Crippen molar-refractivity contribution in [3.63, 3.8) is 0 Å². The van der Waals surface area contributed by atoms with Crippen LogP contribution >= 0.6 is 11.8 Å². The molecule has 2 fully saturated rings. The number of carbonyl (C=O) groups is 2. The Labute approximate surface area is 153 Å². The number of thioether (sulfide) groups is 1. The van der Waals surface area contributed by atoms with Crippen molar-refractivity contribution in [2.24, 2.45) is 5.92 Å². The van der Waals surface area contributed by atoms with Gasteiger partial charge in [0.1, 0.15) is 0 Å². The Morgan fingerprint density at radius 3 is 2.88 bits per heavy atom. The fourth-order valence-corrected chi connectivity index (χ4v) is 4.19. The van der Waals surface area contributed by atoms with Gasteiger partial charge in [-0.05, 0) is 50.3 Å². The Bertz CT molecular complexity index is 578. The van der Waals surface area contributed by atoms with Crippen LogP contribution in [0.25, 0.3) is 0 Å². The van der Waals surface area contributed by atoms with Gasteiger partial charge in [0.15, 0.2) is 0 Å². The van der Waals surface area contributed by atoms with Gasteiger partial charge in [0, 0.05) is 36.9 Å². The zero-order valence-electron chi connectivity index (χ0n) is 14.4. The Kier molecular flexibility index (Phi) is 6.69. The molecule has 7 heteroatoms. The van der Waals surface area contributed by atoms with Gasteiger partial charge in [-0.15, -0.1) is 11.8 Å². The van der Waals surface area contributed by atoms with Crippen molar-refractivity contribution in [1.29, 1.82) is 0 Å². The van der Waals surface area contributed by atoms with Gasteiger partial charge in [0.25, 0.3) is 0 Å². The summed E-state index contributed by atoms with van der Waals surface area (Å²) < 4.78 is 0. The minimum atomic E-state index is -0.0295. The molecule has 0 radical (unpaired) electrons. The molecule has 136 valence electrons. The number of rotatable bonds is 6. The van der Waals surface area contributed by atoms with Crippen molar-refractivity contribution in [3.8, 4) is 0 Å². The molecule has 1 aromatic rings. The van der Waals surface area contributed by atoms with Crippen LogP contribution in [0, 0.1) is 5.92 Å². The quantitative estimate of drug-likeness (QED) is 0.746. The van der Waals surface area contributed by atoms with E-state index in [2.05, 4.69) is 15.6 Å². The van der Waals surface area contributed by atoms with E-state index in [9.17, 15) is 9.59 Å². The third-order valence-electron chi connectivity index (χ3n) is 4.83. The van der Waals surface area contributed by atoms with Crippen LogP contribution in [-0.2, 0) is 9.59 Å². The van der Waals surface area contributed by atoms with E-state index in [-0.39, 0.29) is 17.9 Å². The molecule has 1 aromatic heterocycles. The van der Waals surface area contributed by atoms with Gasteiger partial charge in [0.2, 0.25) is 11.8 Å². The van der Waals surface area contributed by atoms with E-state index in [4.69, 9.17) is 0 Å². The molecule has 6 nitrogen and oxygen atoms in total. The number of carbonyl (C=O) groups excluding carboxylic acids is 2. The lowest BCUT2D eigenvalue weighted by Gasteiger charge is -2.33. The third-order valence-corrected chi connectivity index (χ3v) is 5.82. The maximum atomic E-state index is 12.5. The molecule has 0 aliphatic carbocycles. The minimum Gasteiger partial charge on any atom is -0.354 e. The summed E-state index contributed by atoms with van der Waals surface area (Å²) in [5.74, 6) is 1.09. The number of hydrogen-bond donors (Lipinski definition) is 2. The number of aromatic nitrogens is 1. The lowest BCUT2D eigenvalue weighted by Crippen LogP contribution is -2.47. The van der Waals surface area contributed by atoms with E-state index in [1.807, 2.05) is 17.0 Å². The van der Waals surface area contributed by atoms with Gasteiger partial charge in [-0.1, -0.05) is 0 Å². The molecule has 2 saturated heterocycles. The molecule has 2 N–H and O–H groups in total. The largest absolute Gasteiger partial charge is 0.354 e. The molecule has 2 unspecified atom stereocenters. The van der Waals surface area contributed by atoms with Gasteiger partial charge in [-0.25, -0.2) is 0 Å². The van der Waals surface area contributed by atoms with Crippen molar-refractivity contribution in [2.75, 3.05) is 31.9 Å². The highest BCUT2D eigenvalue weighted by Crippen LogP contribution is 2.20. The zero-order valence-corrected chi connectivity index (χ0v) is 15.3. The highest BCUT2D eigenvalue weighted by molar-refractivity contribution is 8.00. The van der Waals surface area contributed by atoms with E-state index >= 15 is 0 Å². The second-order valence-electron chi connectivity index (χ2n) is 6.71. The highest BCUT2D eigenvalue weighted by atomic mass is 32.2. The van der Waals surface area contributed by atoms with Crippen LogP contribution in [0.5, 0.6) is 0 Å². The van der Waals surface area contributed by atoms with Crippen molar-refractivity contribution >= 4 is 23.6 Å². The number of nitrogens with zero attached hydrogens (tertiary/aromatic N) is 2. The molecule has 0 bridgehead atoms. The lowest BCUT2D eigenvalue weighted by atomic mass is 9.98. The van der Waals surface area contributed by atoms with Crippen molar-refractivity contribution < 1.29 is 9.59 Å². The van der Waals surface area contributed by atoms with E-state index in [1.165, 1.54) is 0 Å². The Balaban J connectivity index is 1.40. The Morgan fingerprint density at radius 1 is 1.28 bits per heavy atom. The van der Waals surface area contributed by atoms with Crippen LogP contribution in [0.4, 0.5) is 0 Å². The molecule has 2 amide bonds. The first kappa shape index (κ1) is 18.2. The number of piperidine rings is 1. The molecule has 2 aliphatic heterocycles. The monoisotopic (exact) mass is 362 g/mol. The van der Waals surface area contributed by atoms with Crippen molar-refractivity contribution in [3.05, 3.63) is 24.5 Å². The standard InChI is InChI=1S/C18H26N4O2S/c23-17(13-25-15-5-8-19-9-6-15)22-10-2-3-14(12-22)11-21-18(24)16-4-1-7-20-16/h5-6,8-9,14,16,20H,1-4,7,10-13H2,(H,21,24). The predicted molar refractivity (Wildman–Crippen MR) is 98.3 cm³/mol. The summed E-state index contributed by atoms with van der Waals surface area (Å²) >= 11 is 1.55. The molecular formula is C18H26N4O2S. The van der Waals surface area contributed by atoms with Gasteiger partial charge in [-0.2, -0.15) is 0 Å². The second kappa shape index (κ2) is 9.20. The van der Waals surface area contributed by atoms with E-state index in [0.717, 1.165) is 50.2 Å². The summed E-state index contributed by atoms with van der Waals surface area (Å²) in [7, 11) is 0. The Hall–Kier alpha value is -1.60. The number of likely N-dealkylation sites (tertiary alicyclic amines) is 1. The fraction of sp³-hybridized carbons (Fsp3) is 0.611. The van der Waals surface area contributed by atoms with Crippen LogP contribution in [0.1, 0.15) is 25.7 Å². The lowest BCUT2D eigenvalue weighted by molar-refractivity contribution is -0.130. The molecule has 0 saturated carbocycles. The van der Waals surface area contributed by atoms with E-state index in [1.54, 1.807) is 24.2 Å². The number of pyridine rings is 1. The predicted octanol–water partition coefficient (Wildman–Crippen LogP) is 1.28. The highest BCUT2D eigenvalue weighted by Gasteiger charge is 2.26. The third kappa shape index (κ3) is 5.44. The van der Waals surface area contributed by atoms with E-state index < -0.39 is 0 Å². The van der Waals surface area contributed by atoms with Gasteiger partial charge in [0.05, 0.1) is 11.8 Å². The van der Waals surface area contributed by atoms with Crippen LogP contribution in [0.3, 0.4) is 0 Å². The van der Waals surface area contributed by atoms with Crippen LogP contribution < -0.4 is 10.6 Å². The smallest absolute Gasteiger partial charge is 0.237 e. The molecule has 0 aromatic carbocycles. The summed E-state index contributed by atoms with van der Waals surface area (Å²) in [5.41, 5.74) is 0. The topological polar surface area (TPSA) is 74.3 Å². The van der Waals surface area contributed by atoms with Crippen LogP contribution in [-0.4, -0.2) is 59.7 Å². The maximum Gasteiger partial charge on any atom is 0.237 e. The average molecular weight is 362 g/mol. The van der Waals surface area contributed by atoms with Gasteiger partial charge in [-0.3, -0.25) is 14.6 Å². The molecule has 2 aliphatic rings. The first-order chi connectivity index (χ1) is 12.2. The van der Waals surface area contributed by atoms with Gasteiger partial charge < -0.3 is 15.5 Å². The molecule has 3 rings (SSSR count). The summed E-state index contributed by atoms with van der Waals surface area (Å²) in [4.78, 5) is 31.6. The van der Waals surface area contributed by atoms with Crippen LogP contribution in [0.15, 0.2) is 29.4 Å².